The minimum absolute atomic E-state index is 0.407. The summed E-state index contributed by atoms with van der Waals surface area (Å²) in [6.07, 6.45) is 1.50. The third kappa shape index (κ3) is 11.0. The van der Waals surface area contributed by atoms with Gasteiger partial charge < -0.3 is 0 Å². The zero-order valence-corrected chi connectivity index (χ0v) is 10.9. The van der Waals surface area contributed by atoms with E-state index in [-0.39, 0.29) is 0 Å². The van der Waals surface area contributed by atoms with Gasteiger partial charge in [0.2, 0.25) is 0 Å². The van der Waals surface area contributed by atoms with E-state index in [1.54, 1.807) is 0 Å². The molecular formula is C15H24O. The number of rotatable bonds is 4. The van der Waals surface area contributed by atoms with E-state index in [0.29, 0.717) is 17.6 Å². The molecule has 1 aromatic rings. The normalized spacial score (nSPS) is 9.88. The standard InChI is InChI=1S/C9H18O.C6H6/c1-7(2)5-9(10)6-8(3)4;1-2-4-6-5-3-1/h7-8H,5-6H2,1-4H3;1-6H. The molecule has 1 nitrogen and oxygen atoms in total. The van der Waals surface area contributed by atoms with Gasteiger partial charge in [0, 0.05) is 12.8 Å². The number of ketones is 1. The highest BCUT2D eigenvalue weighted by atomic mass is 16.1. The van der Waals surface area contributed by atoms with E-state index in [1.165, 1.54) is 0 Å². The quantitative estimate of drug-likeness (QED) is 0.738. The second-order valence-corrected chi connectivity index (χ2v) is 4.89. The molecule has 0 spiro atoms. The van der Waals surface area contributed by atoms with E-state index in [1.807, 2.05) is 36.4 Å². The molecule has 0 saturated carbocycles. The average molecular weight is 220 g/mol. The summed E-state index contributed by atoms with van der Waals surface area (Å²) in [5, 5.41) is 0. The molecule has 0 heterocycles. The van der Waals surface area contributed by atoms with E-state index < -0.39 is 0 Å². The molecule has 1 rings (SSSR count). The van der Waals surface area contributed by atoms with Crippen molar-refractivity contribution in [2.24, 2.45) is 11.8 Å². The van der Waals surface area contributed by atoms with Crippen LogP contribution >= 0.6 is 0 Å². The summed E-state index contributed by atoms with van der Waals surface area (Å²) < 4.78 is 0. The smallest absolute Gasteiger partial charge is 0.133 e. The molecule has 0 aliphatic heterocycles. The van der Waals surface area contributed by atoms with Crippen molar-refractivity contribution in [1.82, 2.24) is 0 Å². The Bertz CT molecular complexity index is 223. The number of carbonyl (C=O) groups excluding carboxylic acids is 1. The molecule has 0 saturated heterocycles. The third-order valence-electron chi connectivity index (χ3n) is 1.94. The van der Waals surface area contributed by atoms with Crippen molar-refractivity contribution in [3.63, 3.8) is 0 Å². The zero-order valence-electron chi connectivity index (χ0n) is 10.9. The lowest BCUT2D eigenvalue weighted by molar-refractivity contribution is -0.120. The molecule has 0 aliphatic rings. The average Bonchev–Trinajstić information content (AvgIpc) is 2.18. The summed E-state index contributed by atoms with van der Waals surface area (Å²) in [6.45, 7) is 8.33. The van der Waals surface area contributed by atoms with Gasteiger partial charge in [-0.2, -0.15) is 0 Å². The summed E-state index contributed by atoms with van der Waals surface area (Å²) in [6, 6.07) is 12.0. The largest absolute Gasteiger partial charge is 0.300 e. The molecule has 1 aromatic carbocycles. The SMILES string of the molecule is CC(C)CC(=O)CC(C)C.c1ccccc1. The van der Waals surface area contributed by atoms with Crippen molar-refractivity contribution in [3.05, 3.63) is 36.4 Å². The highest BCUT2D eigenvalue weighted by Crippen LogP contribution is 2.07. The Labute approximate surface area is 99.9 Å². The Morgan fingerprint density at radius 3 is 1.19 bits per heavy atom. The first kappa shape index (κ1) is 14.9. The van der Waals surface area contributed by atoms with Gasteiger partial charge >= 0.3 is 0 Å². The van der Waals surface area contributed by atoms with Crippen LogP contribution in [0.25, 0.3) is 0 Å². The van der Waals surface area contributed by atoms with E-state index >= 15 is 0 Å². The summed E-state index contributed by atoms with van der Waals surface area (Å²) in [5.41, 5.74) is 0. The van der Waals surface area contributed by atoms with Gasteiger partial charge in [-0.3, -0.25) is 4.79 Å². The van der Waals surface area contributed by atoms with Crippen LogP contribution in [0.15, 0.2) is 36.4 Å². The maximum absolute atomic E-state index is 11.1. The van der Waals surface area contributed by atoms with Gasteiger partial charge in [0.15, 0.2) is 0 Å². The summed E-state index contributed by atoms with van der Waals surface area (Å²) in [4.78, 5) is 11.1. The Morgan fingerprint density at radius 2 is 1.00 bits per heavy atom. The van der Waals surface area contributed by atoms with Crippen LogP contribution in [0.5, 0.6) is 0 Å². The van der Waals surface area contributed by atoms with Crippen LogP contribution in [0.4, 0.5) is 0 Å². The van der Waals surface area contributed by atoms with Crippen LogP contribution in [0.1, 0.15) is 40.5 Å². The highest BCUT2D eigenvalue weighted by Gasteiger charge is 2.06. The first-order chi connectivity index (χ1) is 7.52. The summed E-state index contributed by atoms with van der Waals surface area (Å²) in [5.74, 6) is 1.45. The molecule has 0 aliphatic carbocycles. The minimum Gasteiger partial charge on any atom is -0.300 e. The fourth-order valence-corrected chi connectivity index (χ4v) is 1.38. The van der Waals surface area contributed by atoms with E-state index in [4.69, 9.17) is 0 Å². The monoisotopic (exact) mass is 220 g/mol. The maximum Gasteiger partial charge on any atom is 0.133 e. The van der Waals surface area contributed by atoms with Crippen LogP contribution in [0.3, 0.4) is 0 Å². The van der Waals surface area contributed by atoms with E-state index in [2.05, 4.69) is 27.7 Å². The van der Waals surface area contributed by atoms with Gasteiger partial charge in [-0.15, -0.1) is 0 Å². The Morgan fingerprint density at radius 1 is 0.750 bits per heavy atom. The fourth-order valence-electron chi connectivity index (χ4n) is 1.38. The van der Waals surface area contributed by atoms with Gasteiger partial charge in [0.25, 0.3) is 0 Å². The first-order valence-corrected chi connectivity index (χ1v) is 6.04. The van der Waals surface area contributed by atoms with Crippen molar-refractivity contribution < 1.29 is 4.79 Å². The molecule has 0 fully saturated rings. The lowest BCUT2D eigenvalue weighted by Gasteiger charge is -2.05. The second kappa shape index (κ2) is 9.14. The zero-order chi connectivity index (χ0) is 12.4. The van der Waals surface area contributed by atoms with Crippen molar-refractivity contribution in [2.75, 3.05) is 0 Å². The van der Waals surface area contributed by atoms with Crippen LogP contribution in [0, 0.1) is 11.8 Å². The molecule has 0 radical (unpaired) electrons. The number of Topliss-reactive ketones (excluding diaryl/α,β-unsaturated/α-hetero) is 1. The van der Waals surface area contributed by atoms with Crippen LogP contribution < -0.4 is 0 Å². The number of benzene rings is 1. The van der Waals surface area contributed by atoms with Crippen molar-refractivity contribution >= 4 is 5.78 Å². The predicted octanol–water partition coefficient (Wildman–Crippen LogP) is 4.33. The van der Waals surface area contributed by atoms with Crippen molar-refractivity contribution in [1.29, 1.82) is 0 Å². The minimum atomic E-state index is 0.407. The third-order valence-corrected chi connectivity index (χ3v) is 1.94. The summed E-state index contributed by atoms with van der Waals surface area (Å²) >= 11 is 0. The number of carbonyl (C=O) groups is 1. The van der Waals surface area contributed by atoms with E-state index in [9.17, 15) is 4.79 Å². The van der Waals surface area contributed by atoms with Crippen LogP contribution in [0.2, 0.25) is 0 Å². The topological polar surface area (TPSA) is 17.1 Å². The van der Waals surface area contributed by atoms with E-state index in [0.717, 1.165) is 12.8 Å². The molecule has 0 atom stereocenters. The lowest BCUT2D eigenvalue weighted by Crippen LogP contribution is -2.05. The molecule has 90 valence electrons. The molecule has 16 heavy (non-hydrogen) atoms. The van der Waals surface area contributed by atoms with Crippen molar-refractivity contribution in [2.45, 2.75) is 40.5 Å². The summed E-state index contributed by atoms with van der Waals surface area (Å²) in [7, 11) is 0. The fraction of sp³-hybridized carbons (Fsp3) is 0.533. The number of hydrogen-bond acceptors (Lipinski definition) is 1. The highest BCUT2D eigenvalue weighted by molar-refractivity contribution is 5.78. The van der Waals surface area contributed by atoms with Crippen LogP contribution in [-0.2, 0) is 4.79 Å². The predicted molar refractivity (Wildman–Crippen MR) is 70.4 cm³/mol. The molecule has 0 amide bonds. The Balaban J connectivity index is 0.000000315. The van der Waals surface area contributed by atoms with Crippen molar-refractivity contribution in [3.8, 4) is 0 Å². The molecule has 0 bridgehead atoms. The van der Waals surface area contributed by atoms with Gasteiger partial charge in [-0.05, 0) is 11.8 Å². The Hall–Kier alpha value is -1.11. The molecular weight excluding hydrogens is 196 g/mol. The van der Waals surface area contributed by atoms with Gasteiger partial charge in [-0.25, -0.2) is 0 Å². The molecule has 1 heteroatoms. The van der Waals surface area contributed by atoms with Gasteiger partial charge in [0.1, 0.15) is 5.78 Å². The van der Waals surface area contributed by atoms with Gasteiger partial charge in [-0.1, -0.05) is 64.1 Å². The van der Waals surface area contributed by atoms with Gasteiger partial charge in [0.05, 0.1) is 0 Å². The first-order valence-electron chi connectivity index (χ1n) is 6.04. The molecule has 0 N–H and O–H groups in total. The lowest BCUT2D eigenvalue weighted by atomic mass is 10.00. The second-order valence-electron chi connectivity index (χ2n) is 4.89. The van der Waals surface area contributed by atoms with Crippen LogP contribution in [-0.4, -0.2) is 5.78 Å². The Kier molecular flexibility index (Phi) is 8.51. The number of hydrogen-bond donors (Lipinski definition) is 0. The molecule has 0 aromatic heterocycles. The molecule has 0 unspecified atom stereocenters. The maximum atomic E-state index is 11.1.